The molecule has 1 aliphatic heterocycles. The molecule has 2 unspecified atom stereocenters. The number of hydrogen-bond donors (Lipinski definition) is 1. The summed E-state index contributed by atoms with van der Waals surface area (Å²) < 4.78 is 5.96. The van der Waals surface area contributed by atoms with Gasteiger partial charge in [0.15, 0.2) is 0 Å². The normalized spacial score (nSPS) is 44.1. The van der Waals surface area contributed by atoms with Crippen molar-refractivity contribution in [3.05, 3.63) is 0 Å². The van der Waals surface area contributed by atoms with Crippen LogP contribution in [0, 0.1) is 5.92 Å². The van der Waals surface area contributed by atoms with Crippen molar-refractivity contribution in [2.24, 2.45) is 5.92 Å². The van der Waals surface area contributed by atoms with Crippen molar-refractivity contribution in [3.63, 3.8) is 0 Å². The second-order valence-electron chi connectivity index (χ2n) is 5.49. The fraction of sp³-hybridized carbons (Fsp3) is 1.00. The van der Waals surface area contributed by atoms with Gasteiger partial charge in [-0.2, -0.15) is 0 Å². The van der Waals surface area contributed by atoms with E-state index in [1.165, 1.54) is 25.7 Å². The fourth-order valence-electron chi connectivity index (χ4n) is 2.76. The lowest BCUT2D eigenvalue weighted by Crippen LogP contribution is -2.50. The first-order chi connectivity index (χ1) is 6.02. The van der Waals surface area contributed by atoms with Crippen LogP contribution in [0.5, 0.6) is 0 Å². The molecule has 1 heterocycles. The van der Waals surface area contributed by atoms with Gasteiger partial charge in [0, 0.05) is 5.54 Å². The smallest absolute Gasteiger partial charge is 0.120 e. The van der Waals surface area contributed by atoms with Crippen LogP contribution in [0.1, 0.15) is 46.5 Å². The Bertz CT molecular complexity index is 202. The molecule has 76 valence electrons. The number of rotatable bonds is 0. The van der Waals surface area contributed by atoms with E-state index in [9.17, 15) is 0 Å². The molecule has 13 heavy (non-hydrogen) atoms. The molecule has 2 atom stereocenters. The van der Waals surface area contributed by atoms with Crippen LogP contribution in [0.2, 0.25) is 0 Å². The van der Waals surface area contributed by atoms with Crippen LogP contribution < -0.4 is 5.32 Å². The lowest BCUT2D eigenvalue weighted by molar-refractivity contribution is -0.0516. The summed E-state index contributed by atoms with van der Waals surface area (Å²) in [5.41, 5.74) is 0.207. The molecule has 1 saturated carbocycles. The summed E-state index contributed by atoms with van der Waals surface area (Å²) in [6, 6.07) is 0. The second kappa shape index (κ2) is 2.96. The summed E-state index contributed by atoms with van der Waals surface area (Å²) in [6.45, 7) is 7.64. The Morgan fingerprint density at radius 1 is 1.38 bits per heavy atom. The minimum atomic E-state index is 0.0289. The van der Waals surface area contributed by atoms with Crippen LogP contribution in [0.4, 0.5) is 0 Å². The number of ether oxygens (including phenoxy) is 1. The molecule has 0 radical (unpaired) electrons. The van der Waals surface area contributed by atoms with E-state index in [0.717, 1.165) is 12.5 Å². The maximum atomic E-state index is 5.96. The Labute approximate surface area is 81.0 Å². The van der Waals surface area contributed by atoms with Crippen LogP contribution in [-0.4, -0.2) is 17.9 Å². The van der Waals surface area contributed by atoms with Crippen LogP contribution in [0.15, 0.2) is 0 Å². The van der Waals surface area contributed by atoms with Gasteiger partial charge in [-0.05, 0) is 39.0 Å². The average Bonchev–Trinajstić information content (AvgIpc) is 2.26. The Kier molecular flexibility index (Phi) is 2.16. The van der Waals surface area contributed by atoms with Gasteiger partial charge in [0.1, 0.15) is 5.72 Å². The predicted octanol–water partition coefficient (Wildman–Crippen LogP) is 2.29. The summed E-state index contributed by atoms with van der Waals surface area (Å²) >= 11 is 0. The quantitative estimate of drug-likeness (QED) is 0.622. The molecule has 1 spiro atoms. The first-order valence-corrected chi connectivity index (χ1v) is 5.45. The molecule has 1 saturated heterocycles. The summed E-state index contributed by atoms with van der Waals surface area (Å²) in [4.78, 5) is 0. The molecule has 2 aliphatic rings. The van der Waals surface area contributed by atoms with E-state index >= 15 is 0 Å². The zero-order chi connectivity index (χ0) is 9.53. The van der Waals surface area contributed by atoms with Crippen molar-refractivity contribution >= 4 is 0 Å². The van der Waals surface area contributed by atoms with Crippen molar-refractivity contribution in [1.82, 2.24) is 5.32 Å². The first-order valence-electron chi connectivity index (χ1n) is 5.45. The zero-order valence-electron chi connectivity index (χ0n) is 9.02. The van der Waals surface area contributed by atoms with Gasteiger partial charge in [0.25, 0.3) is 0 Å². The van der Waals surface area contributed by atoms with Crippen molar-refractivity contribution in [1.29, 1.82) is 0 Å². The minimum Gasteiger partial charge on any atom is -0.359 e. The van der Waals surface area contributed by atoms with Gasteiger partial charge in [-0.25, -0.2) is 0 Å². The lowest BCUT2D eigenvalue weighted by Gasteiger charge is -2.37. The summed E-state index contributed by atoms with van der Waals surface area (Å²) in [7, 11) is 0. The predicted molar refractivity (Wildman–Crippen MR) is 53.5 cm³/mol. The van der Waals surface area contributed by atoms with Crippen LogP contribution in [-0.2, 0) is 4.74 Å². The van der Waals surface area contributed by atoms with E-state index < -0.39 is 0 Å². The minimum absolute atomic E-state index is 0.0289. The highest BCUT2D eigenvalue weighted by atomic mass is 16.5. The average molecular weight is 183 g/mol. The Morgan fingerprint density at radius 2 is 2.15 bits per heavy atom. The molecule has 2 heteroatoms. The van der Waals surface area contributed by atoms with Crippen LogP contribution in [0.25, 0.3) is 0 Å². The van der Waals surface area contributed by atoms with E-state index in [1.807, 2.05) is 0 Å². The van der Waals surface area contributed by atoms with E-state index in [0.29, 0.717) is 0 Å². The van der Waals surface area contributed by atoms with Crippen molar-refractivity contribution in [2.45, 2.75) is 57.7 Å². The molecule has 1 aliphatic carbocycles. The highest BCUT2D eigenvalue weighted by molar-refractivity contribution is 4.97. The molecule has 2 nitrogen and oxygen atoms in total. The summed E-state index contributed by atoms with van der Waals surface area (Å²) in [5, 5.41) is 3.65. The SMILES string of the molecule is CC1CCCC2(C1)NC(C)(C)CO2. The molecule has 0 amide bonds. The number of nitrogens with one attached hydrogen (secondary N) is 1. The van der Waals surface area contributed by atoms with Crippen molar-refractivity contribution in [3.8, 4) is 0 Å². The molecule has 0 aromatic carbocycles. The molecule has 0 bridgehead atoms. The van der Waals surface area contributed by atoms with E-state index in [4.69, 9.17) is 4.74 Å². The van der Waals surface area contributed by atoms with E-state index in [1.54, 1.807) is 0 Å². The molecule has 0 aromatic heterocycles. The van der Waals surface area contributed by atoms with Gasteiger partial charge in [0.05, 0.1) is 6.61 Å². The van der Waals surface area contributed by atoms with Gasteiger partial charge < -0.3 is 4.74 Å². The number of hydrogen-bond acceptors (Lipinski definition) is 2. The Balaban J connectivity index is 2.05. The standard InChI is InChI=1S/C11H21NO/c1-9-5-4-6-11(7-9)12-10(2,3)8-13-11/h9,12H,4-8H2,1-3H3. The summed E-state index contributed by atoms with van der Waals surface area (Å²) in [5.74, 6) is 0.815. The topological polar surface area (TPSA) is 21.3 Å². The fourth-order valence-corrected chi connectivity index (χ4v) is 2.76. The molecule has 0 aromatic rings. The zero-order valence-corrected chi connectivity index (χ0v) is 9.02. The molecule has 2 fully saturated rings. The van der Waals surface area contributed by atoms with Crippen molar-refractivity contribution in [2.75, 3.05) is 6.61 Å². The van der Waals surface area contributed by atoms with Gasteiger partial charge in [0.2, 0.25) is 0 Å². The monoisotopic (exact) mass is 183 g/mol. The third kappa shape index (κ3) is 1.89. The van der Waals surface area contributed by atoms with Crippen LogP contribution >= 0.6 is 0 Å². The maximum Gasteiger partial charge on any atom is 0.120 e. The highest BCUT2D eigenvalue weighted by Gasteiger charge is 2.45. The molecular formula is C11H21NO. The van der Waals surface area contributed by atoms with Gasteiger partial charge >= 0.3 is 0 Å². The van der Waals surface area contributed by atoms with Crippen molar-refractivity contribution < 1.29 is 4.74 Å². The second-order valence-corrected chi connectivity index (χ2v) is 5.49. The first kappa shape index (κ1) is 9.47. The van der Waals surface area contributed by atoms with Gasteiger partial charge in [-0.3, -0.25) is 5.32 Å². The maximum absolute atomic E-state index is 5.96. The van der Waals surface area contributed by atoms with Gasteiger partial charge in [-0.15, -0.1) is 0 Å². The third-order valence-corrected chi connectivity index (χ3v) is 3.23. The van der Waals surface area contributed by atoms with Crippen LogP contribution in [0.3, 0.4) is 0 Å². The molecular weight excluding hydrogens is 162 g/mol. The lowest BCUT2D eigenvalue weighted by atomic mass is 9.84. The van der Waals surface area contributed by atoms with Gasteiger partial charge in [-0.1, -0.05) is 13.3 Å². The Morgan fingerprint density at radius 3 is 2.69 bits per heavy atom. The Hall–Kier alpha value is -0.0800. The highest BCUT2D eigenvalue weighted by Crippen LogP contribution is 2.38. The van der Waals surface area contributed by atoms with E-state index in [2.05, 4.69) is 26.1 Å². The summed E-state index contributed by atoms with van der Waals surface area (Å²) in [6.07, 6.45) is 5.06. The van der Waals surface area contributed by atoms with E-state index in [-0.39, 0.29) is 11.3 Å². The molecule has 1 N–H and O–H groups in total. The third-order valence-electron chi connectivity index (χ3n) is 3.23. The molecule has 2 rings (SSSR count). The largest absolute Gasteiger partial charge is 0.359 e.